The Morgan fingerprint density at radius 2 is 1.89 bits per heavy atom. The molecule has 6 heteroatoms. The van der Waals surface area contributed by atoms with E-state index in [1.807, 2.05) is 0 Å². The molecular weight excluding hydrogens is 255 g/mol. The lowest BCUT2D eigenvalue weighted by atomic mass is 10.1. The van der Waals surface area contributed by atoms with Crippen molar-refractivity contribution < 1.29 is 13.2 Å². The van der Waals surface area contributed by atoms with Gasteiger partial charge in [0.2, 0.25) is 0 Å². The lowest BCUT2D eigenvalue weighted by Crippen LogP contribution is -2.29. The third-order valence-corrected chi connectivity index (χ3v) is 4.03. The van der Waals surface area contributed by atoms with E-state index in [-0.39, 0.29) is 17.3 Å². The molecule has 0 amide bonds. The van der Waals surface area contributed by atoms with E-state index in [2.05, 4.69) is 0 Å². The van der Waals surface area contributed by atoms with Crippen LogP contribution in [0.1, 0.15) is 11.1 Å². The van der Waals surface area contributed by atoms with Crippen molar-refractivity contribution in [2.75, 3.05) is 18.0 Å². The minimum Gasteiger partial charge on any atom is -0.370 e. The number of nitrogens with zero attached hydrogens (tertiary/aromatic N) is 2. The normalized spacial score (nSPS) is 29.0. The zero-order valence-corrected chi connectivity index (χ0v) is 9.98. The lowest BCUT2D eigenvalue weighted by molar-refractivity contribution is -0.137. The van der Waals surface area contributed by atoms with Gasteiger partial charge in [0.05, 0.1) is 17.2 Å². The molecule has 1 aliphatic heterocycles. The standard InChI is InChI=1S/C13H12F3N3/c14-13(15,16)10-3-7(4-17)1-2-11(10)19-5-8-9(6-19)12(8)18/h1-3,8-9,12H,5-6,18H2. The van der Waals surface area contributed by atoms with E-state index in [0.29, 0.717) is 24.9 Å². The van der Waals surface area contributed by atoms with Crippen LogP contribution in [0.2, 0.25) is 0 Å². The number of fused-ring (bicyclic) bond motifs is 1. The van der Waals surface area contributed by atoms with Gasteiger partial charge in [-0.25, -0.2) is 0 Å². The van der Waals surface area contributed by atoms with Gasteiger partial charge in [-0.1, -0.05) is 0 Å². The van der Waals surface area contributed by atoms with E-state index in [1.165, 1.54) is 12.1 Å². The number of alkyl halides is 3. The SMILES string of the molecule is N#Cc1ccc(N2CC3C(N)C3C2)c(C(F)(F)F)c1. The summed E-state index contributed by atoms with van der Waals surface area (Å²) in [5, 5.41) is 8.72. The van der Waals surface area contributed by atoms with Crippen LogP contribution < -0.4 is 10.6 Å². The molecule has 3 nitrogen and oxygen atoms in total. The molecule has 1 aromatic carbocycles. The number of anilines is 1. The van der Waals surface area contributed by atoms with E-state index >= 15 is 0 Å². The zero-order valence-electron chi connectivity index (χ0n) is 9.98. The van der Waals surface area contributed by atoms with Crippen LogP contribution in [0.15, 0.2) is 18.2 Å². The second-order valence-electron chi connectivity index (χ2n) is 5.15. The van der Waals surface area contributed by atoms with Gasteiger partial charge in [-0.2, -0.15) is 18.4 Å². The van der Waals surface area contributed by atoms with Crippen molar-refractivity contribution in [1.82, 2.24) is 0 Å². The smallest absolute Gasteiger partial charge is 0.370 e. The van der Waals surface area contributed by atoms with Crippen LogP contribution in [-0.2, 0) is 6.18 Å². The maximum Gasteiger partial charge on any atom is 0.418 e. The number of piperidine rings is 1. The van der Waals surface area contributed by atoms with Gasteiger partial charge in [-0.05, 0) is 30.0 Å². The quantitative estimate of drug-likeness (QED) is 0.846. The fraction of sp³-hybridized carbons (Fsp3) is 0.462. The van der Waals surface area contributed by atoms with E-state index in [9.17, 15) is 13.2 Å². The number of nitriles is 1. The Morgan fingerprint density at radius 3 is 2.42 bits per heavy atom. The highest BCUT2D eigenvalue weighted by Gasteiger charge is 2.54. The molecule has 2 unspecified atom stereocenters. The van der Waals surface area contributed by atoms with Crippen molar-refractivity contribution in [3.05, 3.63) is 29.3 Å². The molecule has 0 aromatic heterocycles. The van der Waals surface area contributed by atoms with Gasteiger partial charge < -0.3 is 10.6 Å². The van der Waals surface area contributed by atoms with Gasteiger partial charge in [0.1, 0.15) is 0 Å². The second-order valence-corrected chi connectivity index (χ2v) is 5.15. The van der Waals surface area contributed by atoms with Crippen molar-refractivity contribution in [3.63, 3.8) is 0 Å². The fourth-order valence-corrected chi connectivity index (χ4v) is 2.88. The second kappa shape index (κ2) is 3.87. The molecule has 1 saturated carbocycles. The molecule has 2 N–H and O–H groups in total. The van der Waals surface area contributed by atoms with Crippen LogP contribution in [0.3, 0.4) is 0 Å². The van der Waals surface area contributed by atoms with Crippen LogP contribution in [0.4, 0.5) is 18.9 Å². The first-order chi connectivity index (χ1) is 8.91. The molecule has 1 aromatic rings. The van der Waals surface area contributed by atoms with Crippen LogP contribution in [-0.4, -0.2) is 19.1 Å². The summed E-state index contributed by atoms with van der Waals surface area (Å²) in [4.78, 5) is 1.72. The van der Waals surface area contributed by atoms with Crippen molar-refractivity contribution in [1.29, 1.82) is 5.26 Å². The first kappa shape index (κ1) is 12.3. The van der Waals surface area contributed by atoms with Crippen LogP contribution >= 0.6 is 0 Å². The number of nitrogens with two attached hydrogens (primary N) is 1. The predicted octanol–water partition coefficient (Wildman–Crippen LogP) is 1.97. The summed E-state index contributed by atoms with van der Waals surface area (Å²) in [6.07, 6.45) is -4.45. The maximum absolute atomic E-state index is 13.0. The van der Waals surface area contributed by atoms with E-state index in [4.69, 9.17) is 11.0 Å². The molecule has 3 rings (SSSR count). The first-order valence-electron chi connectivity index (χ1n) is 6.03. The third-order valence-electron chi connectivity index (χ3n) is 4.03. The van der Waals surface area contributed by atoms with Gasteiger partial charge in [-0.15, -0.1) is 0 Å². The Morgan fingerprint density at radius 1 is 1.26 bits per heavy atom. The maximum atomic E-state index is 13.0. The highest BCUT2D eigenvalue weighted by Crippen LogP contribution is 2.47. The van der Waals surface area contributed by atoms with Gasteiger partial charge in [0.25, 0.3) is 0 Å². The molecule has 100 valence electrons. The Hall–Kier alpha value is -1.74. The number of hydrogen-bond acceptors (Lipinski definition) is 3. The summed E-state index contributed by atoms with van der Waals surface area (Å²) in [6, 6.07) is 5.61. The molecule has 1 heterocycles. The van der Waals surface area contributed by atoms with Crippen LogP contribution in [0.5, 0.6) is 0 Å². The summed E-state index contributed by atoms with van der Waals surface area (Å²) in [5.74, 6) is 0.633. The first-order valence-corrected chi connectivity index (χ1v) is 6.03. The topological polar surface area (TPSA) is 53.0 Å². The summed E-state index contributed by atoms with van der Waals surface area (Å²) < 4.78 is 39.1. The van der Waals surface area contributed by atoms with E-state index in [0.717, 1.165) is 6.07 Å². The van der Waals surface area contributed by atoms with Gasteiger partial charge in [-0.3, -0.25) is 0 Å². The number of hydrogen-bond donors (Lipinski definition) is 1. The molecule has 0 spiro atoms. The van der Waals surface area contributed by atoms with Crippen molar-refractivity contribution >= 4 is 5.69 Å². The molecule has 1 aliphatic carbocycles. The number of rotatable bonds is 1. The largest absolute Gasteiger partial charge is 0.418 e. The molecule has 0 bridgehead atoms. The number of benzene rings is 1. The minimum absolute atomic E-state index is 0.0251. The Bertz CT molecular complexity index is 549. The van der Waals surface area contributed by atoms with Crippen molar-refractivity contribution in [2.45, 2.75) is 12.2 Å². The molecule has 2 fully saturated rings. The van der Waals surface area contributed by atoms with E-state index in [1.54, 1.807) is 11.0 Å². The summed E-state index contributed by atoms with van der Waals surface area (Å²) in [6.45, 7) is 1.14. The summed E-state index contributed by atoms with van der Waals surface area (Å²) >= 11 is 0. The van der Waals surface area contributed by atoms with Crippen molar-refractivity contribution in [2.24, 2.45) is 17.6 Å². The summed E-state index contributed by atoms with van der Waals surface area (Å²) in [5.41, 5.74) is 5.24. The monoisotopic (exact) mass is 267 g/mol. The minimum atomic E-state index is -4.45. The molecule has 0 radical (unpaired) electrons. The highest BCUT2D eigenvalue weighted by molar-refractivity contribution is 5.59. The van der Waals surface area contributed by atoms with Gasteiger partial charge >= 0.3 is 6.18 Å². The zero-order chi connectivity index (χ0) is 13.8. The molecule has 19 heavy (non-hydrogen) atoms. The van der Waals surface area contributed by atoms with Crippen molar-refractivity contribution in [3.8, 4) is 6.07 Å². The lowest BCUT2D eigenvalue weighted by Gasteiger charge is -2.25. The summed E-state index contributed by atoms with van der Waals surface area (Å²) in [7, 11) is 0. The fourth-order valence-electron chi connectivity index (χ4n) is 2.88. The molecule has 2 aliphatic rings. The highest BCUT2D eigenvalue weighted by atomic mass is 19.4. The van der Waals surface area contributed by atoms with E-state index < -0.39 is 11.7 Å². The molecular formula is C13H12F3N3. The molecule has 2 atom stereocenters. The van der Waals surface area contributed by atoms with Crippen LogP contribution in [0.25, 0.3) is 0 Å². The average molecular weight is 267 g/mol. The molecule has 1 saturated heterocycles. The predicted molar refractivity (Wildman–Crippen MR) is 63.3 cm³/mol. The Kier molecular flexibility index (Phi) is 2.51. The Balaban J connectivity index is 1.95. The third kappa shape index (κ3) is 1.94. The Labute approximate surface area is 108 Å². The average Bonchev–Trinajstić information content (AvgIpc) is 2.79. The van der Waals surface area contributed by atoms with Crippen LogP contribution in [0, 0.1) is 23.2 Å². The van der Waals surface area contributed by atoms with Gasteiger partial charge in [0.15, 0.2) is 0 Å². The number of halogens is 3. The van der Waals surface area contributed by atoms with Gasteiger partial charge in [0, 0.05) is 24.8 Å².